The van der Waals surface area contributed by atoms with Crippen molar-refractivity contribution in [3.8, 4) is 0 Å². The topological polar surface area (TPSA) is 66.4 Å². The average Bonchev–Trinajstić information content (AvgIpc) is 2.42. The summed E-state index contributed by atoms with van der Waals surface area (Å²) in [6.45, 7) is 5.96. The van der Waals surface area contributed by atoms with Crippen LogP contribution in [0.1, 0.15) is 38.7 Å². The fraction of sp³-hybridized carbons (Fsp3) is 0.500. The van der Waals surface area contributed by atoms with Gasteiger partial charge in [0.2, 0.25) is 5.91 Å². The Morgan fingerprint density at radius 1 is 1.15 bits per heavy atom. The molecule has 0 saturated carbocycles. The summed E-state index contributed by atoms with van der Waals surface area (Å²) in [5.41, 5.74) is 0.931. The normalized spacial score (nSPS) is 13.8. The average molecular weight is 277 g/mol. The number of amides is 1. The van der Waals surface area contributed by atoms with Crippen LogP contribution in [-0.4, -0.2) is 23.5 Å². The molecule has 2 N–H and O–H groups in total. The molecule has 0 radical (unpaired) electrons. The van der Waals surface area contributed by atoms with E-state index in [9.17, 15) is 9.59 Å². The van der Waals surface area contributed by atoms with Gasteiger partial charge in [0.25, 0.3) is 0 Å². The Morgan fingerprint density at radius 3 is 2.25 bits per heavy atom. The maximum Gasteiger partial charge on any atom is 0.308 e. The van der Waals surface area contributed by atoms with Crippen LogP contribution in [0, 0.1) is 11.8 Å². The van der Waals surface area contributed by atoms with Crippen molar-refractivity contribution in [2.75, 3.05) is 6.54 Å². The van der Waals surface area contributed by atoms with E-state index in [0.717, 1.165) is 5.56 Å². The first-order chi connectivity index (χ1) is 9.41. The zero-order valence-corrected chi connectivity index (χ0v) is 12.3. The molecule has 1 amide bonds. The minimum Gasteiger partial charge on any atom is -0.481 e. The molecule has 1 aromatic carbocycles. The molecule has 2 atom stereocenters. The van der Waals surface area contributed by atoms with Gasteiger partial charge in [0.15, 0.2) is 0 Å². The predicted molar refractivity (Wildman–Crippen MR) is 78.4 cm³/mol. The van der Waals surface area contributed by atoms with Gasteiger partial charge in [-0.1, -0.05) is 44.2 Å². The van der Waals surface area contributed by atoms with Crippen LogP contribution in [0.4, 0.5) is 0 Å². The number of hydrogen-bond donors (Lipinski definition) is 2. The summed E-state index contributed by atoms with van der Waals surface area (Å²) in [4.78, 5) is 23.2. The zero-order valence-electron chi connectivity index (χ0n) is 12.3. The summed E-state index contributed by atoms with van der Waals surface area (Å²) in [6.07, 6.45) is 0.565. The molecule has 0 aliphatic carbocycles. The number of carboxylic acid groups (broad SMARTS) is 1. The molecule has 0 bridgehead atoms. The Balaban J connectivity index is 2.55. The van der Waals surface area contributed by atoms with Crippen molar-refractivity contribution in [3.63, 3.8) is 0 Å². The third kappa shape index (κ3) is 5.03. The molecule has 0 heterocycles. The van der Waals surface area contributed by atoms with Gasteiger partial charge < -0.3 is 10.4 Å². The van der Waals surface area contributed by atoms with Gasteiger partial charge in [-0.3, -0.25) is 9.59 Å². The minimum absolute atomic E-state index is 0.133. The van der Waals surface area contributed by atoms with Crippen molar-refractivity contribution in [1.29, 1.82) is 0 Å². The van der Waals surface area contributed by atoms with Crippen LogP contribution in [0.2, 0.25) is 0 Å². The number of carboxylic acids is 1. The summed E-state index contributed by atoms with van der Waals surface area (Å²) in [5, 5.41) is 11.9. The summed E-state index contributed by atoms with van der Waals surface area (Å²) < 4.78 is 0. The van der Waals surface area contributed by atoms with Gasteiger partial charge in [-0.2, -0.15) is 0 Å². The number of nitrogens with one attached hydrogen (secondary N) is 1. The zero-order chi connectivity index (χ0) is 15.1. The lowest BCUT2D eigenvalue weighted by atomic mass is 9.96. The maximum absolute atomic E-state index is 12.1. The molecule has 1 rings (SSSR count). The Hall–Kier alpha value is -1.84. The molecule has 4 nitrogen and oxygen atoms in total. The lowest BCUT2D eigenvalue weighted by Crippen LogP contribution is -2.35. The molecule has 0 aromatic heterocycles. The SMILES string of the molecule is CC(C)CC(CNC(=O)C(C)c1ccccc1)C(=O)O. The van der Waals surface area contributed by atoms with E-state index >= 15 is 0 Å². The molecular formula is C16H23NO3. The van der Waals surface area contributed by atoms with Crippen LogP contribution in [0.15, 0.2) is 30.3 Å². The predicted octanol–water partition coefficient (Wildman–Crippen LogP) is 2.65. The smallest absolute Gasteiger partial charge is 0.308 e. The second-order valence-corrected chi connectivity index (χ2v) is 5.54. The highest BCUT2D eigenvalue weighted by Crippen LogP contribution is 2.15. The van der Waals surface area contributed by atoms with Crippen LogP contribution in [-0.2, 0) is 9.59 Å². The number of carbonyl (C=O) groups excluding carboxylic acids is 1. The molecule has 0 spiro atoms. The lowest BCUT2D eigenvalue weighted by Gasteiger charge is -2.17. The molecule has 0 aliphatic heterocycles. The van der Waals surface area contributed by atoms with Gasteiger partial charge in [0.1, 0.15) is 0 Å². The van der Waals surface area contributed by atoms with Gasteiger partial charge in [0, 0.05) is 6.54 Å². The number of rotatable bonds is 7. The third-order valence-corrected chi connectivity index (χ3v) is 3.32. The van der Waals surface area contributed by atoms with Crippen LogP contribution in [0.5, 0.6) is 0 Å². The van der Waals surface area contributed by atoms with Gasteiger partial charge in [-0.15, -0.1) is 0 Å². The summed E-state index contributed by atoms with van der Waals surface area (Å²) in [5.74, 6) is -1.50. The van der Waals surface area contributed by atoms with E-state index in [-0.39, 0.29) is 18.4 Å². The number of hydrogen-bond acceptors (Lipinski definition) is 2. The van der Waals surface area contributed by atoms with E-state index in [1.54, 1.807) is 0 Å². The summed E-state index contributed by atoms with van der Waals surface area (Å²) in [6, 6.07) is 9.47. The van der Waals surface area contributed by atoms with Crippen molar-refractivity contribution in [3.05, 3.63) is 35.9 Å². The Bertz CT molecular complexity index is 442. The van der Waals surface area contributed by atoms with Gasteiger partial charge in [-0.05, 0) is 24.8 Å². The lowest BCUT2D eigenvalue weighted by molar-refractivity contribution is -0.142. The second-order valence-electron chi connectivity index (χ2n) is 5.54. The molecule has 0 aliphatic rings. The van der Waals surface area contributed by atoms with E-state index in [0.29, 0.717) is 12.3 Å². The first-order valence-electron chi connectivity index (χ1n) is 6.97. The van der Waals surface area contributed by atoms with Crippen LogP contribution < -0.4 is 5.32 Å². The number of aliphatic carboxylic acids is 1. The Morgan fingerprint density at radius 2 is 1.75 bits per heavy atom. The molecular weight excluding hydrogens is 254 g/mol. The van der Waals surface area contributed by atoms with Crippen molar-refractivity contribution >= 4 is 11.9 Å². The van der Waals surface area contributed by atoms with Crippen LogP contribution >= 0.6 is 0 Å². The van der Waals surface area contributed by atoms with E-state index in [1.807, 2.05) is 51.1 Å². The molecule has 20 heavy (non-hydrogen) atoms. The first-order valence-corrected chi connectivity index (χ1v) is 6.97. The molecule has 4 heteroatoms. The quantitative estimate of drug-likeness (QED) is 0.805. The Labute approximate surface area is 120 Å². The molecule has 2 unspecified atom stereocenters. The van der Waals surface area contributed by atoms with Crippen molar-refractivity contribution in [1.82, 2.24) is 5.32 Å². The minimum atomic E-state index is -0.855. The fourth-order valence-corrected chi connectivity index (χ4v) is 2.11. The Kier molecular flexibility index (Phi) is 6.22. The van der Waals surface area contributed by atoms with E-state index in [1.165, 1.54) is 0 Å². The van der Waals surface area contributed by atoms with E-state index in [2.05, 4.69) is 5.32 Å². The third-order valence-electron chi connectivity index (χ3n) is 3.32. The van der Waals surface area contributed by atoms with Crippen LogP contribution in [0.25, 0.3) is 0 Å². The van der Waals surface area contributed by atoms with Crippen LogP contribution in [0.3, 0.4) is 0 Å². The summed E-state index contributed by atoms with van der Waals surface area (Å²) in [7, 11) is 0. The molecule has 0 fully saturated rings. The molecule has 110 valence electrons. The maximum atomic E-state index is 12.1. The highest BCUT2D eigenvalue weighted by molar-refractivity contribution is 5.83. The highest BCUT2D eigenvalue weighted by Gasteiger charge is 2.21. The highest BCUT2D eigenvalue weighted by atomic mass is 16.4. The van der Waals surface area contributed by atoms with E-state index < -0.39 is 11.9 Å². The van der Waals surface area contributed by atoms with Crippen molar-refractivity contribution in [2.24, 2.45) is 11.8 Å². The summed E-state index contributed by atoms with van der Waals surface area (Å²) >= 11 is 0. The molecule has 0 saturated heterocycles. The van der Waals surface area contributed by atoms with E-state index in [4.69, 9.17) is 5.11 Å². The monoisotopic (exact) mass is 277 g/mol. The van der Waals surface area contributed by atoms with Gasteiger partial charge in [0.05, 0.1) is 11.8 Å². The molecule has 1 aromatic rings. The number of carbonyl (C=O) groups is 2. The first kappa shape index (κ1) is 16.2. The van der Waals surface area contributed by atoms with Gasteiger partial charge >= 0.3 is 5.97 Å². The van der Waals surface area contributed by atoms with Crippen molar-refractivity contribution < 1.29 is 14.7 Å². The van der Waals surface area contributed by atoms with Crippen molar-refractivity contribution in [2.45, 2.75) is 33.1 Å². The van der Waals surface area contributed by atoms with Gasteiger partial charge in [-0.25, -0.2) is 0 Å². The fourth-order valence-electron chi connectivity index (χ4n) is 2.11. The number of benzene rings is 1. The second kappa shape index (κ2) is 7.68. The largest absolute Gasteiger partial charge is 0.481 e. The standard InChI is InChI=1S/C16H23NO3/c1-11(2)9-14(16(19)20)10-17-15(18)12(3)13-7-5-4-6-8-13/h4-8,11-12,14H,9-10H2,1-3H3,(H,17,18)(H,19,20).